The number of hydrogen-bond donors (Lipinski definition) is 4. The van der Waals surface area contributed by atoms with E-state index in [1.165, 1.54) is 0 Å². The minimum absolute atomic E-state index is 0.229. The van der Waals surface area contributed by atoms with Gasteiger partial charge in [-0.2, -0.15) is 0 Å². The van der Waals surface area contributed by atoms with Crippen molar-refractivity contribution in [1.82, 2.24) is 10.6 Å². The Morgan fingerprint density at radius 2 is 1.27 bits per heavy atom. The van der Waals surface area contributed by atoms with Crippen LogP contribution in [-0.2, 0) is 9.59 Å². The van der Waals surface area contributed by atoms with Crippen molar-refractivity contribution < 1.29 is 19.8 Å². The zero-order valence-corrected chi connectivity index (χ0v) is 13.1. The van der Waals surface area contributed by atoms with Crippen LogP contribution in [0.15, 0.2) is 0 Å². The monoisotopic (exact) mass is 312 g/mol. The molecule has 0 aliphatic carbocycles. The van der Waals surface area contributed by atoms with Gasteiger partial charge in [0, 0.05) is 0 Å². The van der Waals surface area contributed by atoms with E-state index < -0.39 is 11.9 Å². The van der Waals surface area contributed by atoms with Crippen molar-refractivity contribution in [3.63, 3.8) is 0 Å². The van der Waals surface area contributed by atoms with Gasteiger partial charge in [-0.25, -0.2) is 0 Å². The van der Waals surface area contributed by atoms with Gasteiger partial charge in [-0.3, -0.25) is 9.59 Å². The zero-order chi connectivity index (χ0) is 15.9. The highest BCUT2D eigenvalue weighted by Crippen LogP contribution is 2.28. The van der Waals surface area contributed by atoms with Crippen molar-refractivity contribution in [1.29, 1.82) is 0 Å². The molecule has 6 heteroatoms. The second-order valence-corrected chi connectivity index (χ2v) is 6.68. The number of carbonyl (C=O) groups is 2. The Bertz CT molecular complexity index is 340. The van der Waals surface area contributed by atoms with E-state index in [1.807, 2.05) is 0 Å². The maximum Gasteiger partial charge on any atom is 0.306 e. The predicted octanol–water partition coefficient (Wildman–Crippen LogP) is 1.17. The number of carboxylic acids is 2. The van der Waals surface area contributed by atoms with Crippen molar-refractivity contribution in [2.24, 2.45) is 23.7 Å². The van der Waals surface area contributed by atoms with Crippen molar-refractivity contribution in [3.05, 3.63) is 0 Å². The molecule has 0 spiro atoms. The molecular weight excluding hydrogens is 284 g/mol. The lowest BCUT2D eigenvalue weighted by atomic mass is 9.84. The van der Waals surface area contributed by atoms with Crippen molar-refractivity contribution in [2.75, 3.05) is 26.2 Å². The van der Waals surface area contributed by atoms with Gasteiger partial charge in [0.2, 0.25) is 0 Å². The molecular formula is C16H28N2O4. The van der Waals surface area contributed by atoms with Crippen LogP contribution in [0.4, 0.5) is 0 Å². The molecule has 2 saturated heterocycles. The lowest BCUT2D eigenvalue weighted by Gasteiger charge is -2.20. The highest BCUT2D eigenvalue weighted by atomic mass is 16.4. The standard InChI is InChI=1S/C16H28N2O4/c19-15(20)13(11-5-7-17-9-11)3-1-2-4-14(16(21)22)12-6-8-18-10-12/h11-14,17-18H,1-10H2,(H,19,20)(H,21,22). The van der Waals surface area contributed by atoms with Gasteiger partial charge in [-0.1, -0.05) is 12.8 Å². The molecule has 2 heterocycles. The van der Waals surface area contributed by atoms with Crippen molar-refractivity contribution in [2.45, 2.75) is 38.5 Å². The summed E-state index contributed by atoms with van der Waals surface area (Å²) in [6, 6.07) is 0. The average molecular weight is 312 g/mol. The van der Waals surface area contributed by atoms with E-state index >= 15 is 0 Å². The maximum atomic E-state index is 11.4. The third-order valence-corrected chi connectivity index (χ3v) is 5.25. The average Bonchev–Trinajstić information content (AvgIpc) is 3.14. The largest absolute Gasteiger partial charge is 0.481 e. The maximum absolute atomic E-state index is 11.4. The first-order valence-electron chi connectivity index (χ1n) is 8.46. The number of unbranched alkanes of at least 4 members (excludes halogenated alkanes) is 1. The molecule has 0 aromatic rings. The first-order valence-corrected chi connectivity index (χ1v) is 8.46. The van der Waals surface area contributed by atoms with Gasteiger partial charge < -0.3 is 20.8 Å². The number of nitrogens with one attached hydrogen (secondary N) is 2. The molecule has 2 aliphatic rings. The lowest BCUT2D eigenvalue weighted by Crippen LogP contribution is -2.26. The van der Waals surface area contributed by atoms with Crippen LogP contribution < -0.4 is 10.6 Å². The summed E-state index contributed by atoms with van der Waals surface area (Å²) in [4.78, 5) is 22.8. The number of aliphatic carboxylic acids is 2. The van der Waals surface area contributed by atoms with Crippen LogP contribution in [0, 0.1) is 23.7 Å². The molecule has 0 amide bonds. The first-order chi connectivity index (χ1) is 10.6. The first kappa shape index (κ1) is 17.2. The van der Waals surface area contributed by atoms with Gasteiger partial charge in [-0.05, 0) is 63.7 Å². The van der Waals surface area contributed by atoms with Gasteiger partial charge in [0.25, 0.3) is 0 Å². The van der Waals surface area contributed by atoms with E-state index in [0.29, 0.717) is 12.8 Å². The van der Waals surface area contributed by atoms with Crippen molar-refractivity contribution >= 4 is 11.9 Å². The fourth-order valence-corrected chi connectivity index (χ4v) is 3.89. The van der Waals surface area contributed by atoms with Crippen LogP contribution in [0.5, 0.6) is 0 Å². The molecule has 0 radical (unpaired) electrons. The van der Waals surface area contributed by atoms with E-state index in [1.54, 1.807) is 0 Å². The molecule has 2 fully saturated rings. The summed E-state index contributed by atoms with van der Waals surface area (Å²) >= 11 is 0. The summed E-state index contributed by atoms with van der Waals surface area (Å²) in [6.45, 7) is 3.40. The Labute approximate surface area is 131 Å². The SMILES string of the molecule is O=C(O)C(CCCCC(C(=O)O)C1CCNC1)C1CCNC1. The molecule has 4 unspecified atom stereocenters. The Kier molecular flexibility index (Phi) is 6.64. The second-order valence-electron chi connectivity index (χ2n) is 6.68. The number of hydrogen-bond acceptors (Lipinski definition) is 4. The zero-order valence-electron chi connectivity index (χ0n) is 13.1. The Hall–Kier alpha value is -1.14. The number of carboxylic acid groups (broad SMARTS) is 2. The van der Waals surface area contributed by atoms with Crippen LogP contribution >= 0.6 is 0 Å². The molecule has 2 rings (SSSR count). The molecule has 4 atom stereocenters. The minimum Gasteiger partial charge on any atom is -0.481 e. The summed E-state index contributed by atoms with van der Waals surface area (Å²) in [6.07, 6.45) is 4.80. The Balaban J connectivity index is 1.73. The molecule has 6 nitrogen and oxygen atoms in total. The summed E-state index contributed by atoms with van der Waals surface area (Å²) < 4.78 is 0. The summed E-state index contributed by atoms with van der Waals surface area (Å²) in [5.74, 6) is -1.52. The van der Waals surface area contributed by atoms with E-state index in [-0.39, 0.29) is 23.7 Å². The highest BCUT2D eigenvalue weighted by molar-refractivity contribution is 5.71. The summed E-state index contributed by atoms with van der Waals surface area (Å²) in [7, 11) is 0. The second kappa shape index (κ2) is 8.48. The molecule has 2 aliphatic heterocycles. The molecule has 22 heavy (non-hydrogen) atoms. The lowest BCUT2D eigenvalue weighted by molar-refractivity contribution is -0.145. The van der Waals surface area contributed by atoms with Gasteiger partial charge in [0.1, 0.15) is 0 Å². The number of rotatable bonds is 9. The molecule has 0 bridgehead atoms. The highest BCUT2D eigenvalue weighted by Gasteiger charge is 2.32. The van der Waals surface area contributed by atoms with E-state index in [0.717, 1.165) is 51.9 Å². The molecule has 4 N–H and O–H groups in total. The minimum atomic E-state index is -0.705. The molecule has 126 valence electrons. The van der Waals surface area contributed by atoms with Crippen LogP contribution in [0.1, 0.15) is 38.5 Å². The van der Waals surface area contributed by atoms with E-state index in [2.05, 4.69) is 10.6 Å². The van der Waals surface area contributed by atoms with Gasteiger partial charge >= 0.3 is 11.9 Å². The summed E-state index contributed by atoms with van der Waals surface area (Å²) in [5, 5.41) is 25.2. The Morgan fingerprint density at radius 3 is 1.55 bits per heavy atom. The van der Waals surface area contributed by atoms with E-state index in [9.17, 15) is 19.8 Å². The topological polar surface area (TPSA) is 98.7 Å². The van der Waals surface area contributed by atoms with Gasteiger partial charge in [-0.15, -0.1) is 0 Å². The van der Waals surface area contributed by atoms with Crippen molar-refractivity contribution in [3.8, 4) is 0 Å². The van der Waals surface area contributed by atoms with Crippen LogP contribution in [0.3, 0.4) is 0 Å². The third-order valence-electron chi connectivity index (χ3n) is 5.25. The van der Waals surface area contributed by atoms with Crippen LogP contribution in [0.25, 0.3) is 0 Å². The van der Waals surface area contributed by atoms with Crippen LogP contribution in [-0.4, -0.2) is 48.3 Å². The Morgan fingerprint density at radius 1 is 0.864 bits per heavy atom. The fraction of sp³-hybridized carbons (Fsp3) is 0.875. The molecule has 0 saturated carbocycles. The van der Waals surface area contributed by atoms with Gasteiger partial charge in [0.15, 0.2) is 0 Å². The summed E-state index contributed by atoms with van der Waals surface area (Å²) in [5.41, 5.74) is 0. The third kappa shape index (κ3) is 4.68. The molecule has 0 aromatic heterocycles. The predicted molar refractivity (Wildman–Crippen MR) is 82.7 cm³/mol. The van der Waals surface area contributed by atoms with Gasteiger partial charge in [0.05, 0.1) is 11.8 Å². The quantitative estimate of drug-likeness (QED) is 0.477. The molecule has 0 aromatic carbocycles. The van der Waals surface area contributed by atoms with Crippen LogP contribution in [0.2, 0.25) is 0 Å². The fourth-order valence-electron chi connectivity index (χ4n) is 3.89. The smallest absolute Gasteiger partial charge is 0.306 e. The van der Waals surface area contributed by atoms with E-state index in [4.69, 9.17) is 0 Å². The normalized spacial score (nSPS) is 27.6.